The van der Waals surface area contributed by atoms with Gasteiger partial charge >= 0.3 is 0 Å². The maximum Gasteiger partial charge on any atom is 0.269 e. The van der Waals surface area contributed by atoms with Crippen molar-refractivity contribution in [2.45, 2.75) is 0 Å². The molecule has 31 heavy (non-hydrogen) atoms. The number of hydrogen-bond acceptors (Lipinski definition) is 5. The van der Waals surface area contributed by atoms with Crippen molar-refractivity contribution in [3.8, 4) is 33.8 Å². The topological polar surface area (TPSA) is 86.2 Å². The maximum atomic E-state index is 11.0. The number of aromatic nitrogens is 4. The molecule has 2 heterocycles. The molecule has 0 N–H and O–H groups in total. The van der Waals surface area contributed by atoms with Crippen LogP contribution < -0.4 is 0 Å². The van der Waals surface area contributed by atoms with Gasteiger partial charge in [0.05, 0.1) is 4.92 Å². The lowest BCUT2D eigenvalue weighted by molar-refractivity contribution is -0.384. The summed E-state index contributed by atoms with van der Waals surface area (Å²) in [7, 11) is 0. The first-order valence-electron chi connectivity index (χ1n) is 9.44. The molecule has 0 saturated heterocycles. The van der Waals surface area contributed by atoms with E-state index in [-0.39, 0.29) is 5.69 Å². The van der Waals surface area contributed by atoms with E-state index in [4.69, 9.17) is 10.1 Å². The summed E-state index contributed by atoms with van der Waals surface area (Å²) < 4.78 is 2.27. The summed E-state index contributed by atoms with van der Waals surface area (Å²) in [6.07, 6.45) is 0. The van der Waals surface area contributed by atoms with E-state index in [0.717, 1.165) is 28.1 Å². The first-order valence-corrected chi connectivity index (χ1v) is 10.2. The monoisotopic (exact) mass is 471 g/mol. The van der Waals surface area contributed by atoms with E-state index in [1.807, 2.05) is 60.7 Å². The van der Waals surface area contributed by atoms with Gasteiger partial charge in [-0.15, -0.1) is 0 Å². The minimum atomic E-state index is -0.427. The van der Waals surface area contributed by atoms with Crippen molar-refractivity contribution in [1.82, 2.24) is 19.6 Å². The summed E-state index contributed by atoms with van der Waals surface area (Å²) in [5, 5.41) is 15.8. The summed E-state index contributed by atoms with van der Waals surface area (Å²) in [5.74, 6) is 0.429. The first-order chi connectivity index (χ1) is 15.1. The Labute approximate surface area is 185 Å². The minimum absolute atomic E-state index is 0.0256. The Morgan fingerprint density at radius 2 is 1.23 bits per heavy atom. The van der Waals surface area contributed by atoms with E-state index in [2.05, 4.69) is 20.9 Å². The molecule has 0 aliphatic carbocycles. The van der Waals surface area contributed by atoms with Crippen molar-refractivity contribution in [2.75, 3.05) is 0 Å². The average molecular weight is 472 g/mol. The molecule has 0 bridgehead atoms. The highest BCUT2D eigenvalue weighted by Crippen LogP contribution is 2.33. The predicted molar refractivity (Wildman–Crippen MR) is 121 cm³/mol. The molecule has 0 saturated carbocycles. The number of nitro groups is 1. The van der Waals surface area contributed by atoms with Crippen LogP contribution >= 0.6 is 15.9 Å². The van der Waals surface area contributed by atoms with Gasteiger partial charge in [0.1, 0.15) is 21.7 Å². The fraction of sp³-hybridized carbons (Fsp3) is 0. The lowest BCUT2D eigenvalue weighted by Crippen LogP contribution is -2.01. The molecule has 0 fully saturated rings. The fourth-order valence-corrected chi connectivity index (χ4v) is 3.91. The van der Waals surface area contributed by atoms with Gasteiger partial charge < -0.3 is 0 Å². The van der Waals surface area contributed by atoms with Crippen molar-refractivity contribution in [3.05, 3.63) is 99.6 Å². The third-order valence-electron chi connectivity index (χ3n) is 4.86. The number of benzene rings is 3. The number of non-ortho nitro benzene ring substituents is 1. The van der Waals surface area contributed by atoms with Gasteiger partial charge in [-0.2, -0.15) is 9.61 Å². The first kappa shape index (κ1) is 19.1. The van der Waals surface area contributed by atoms with Crippen LogP contribution in [0.5, 0.6) is 0 Å². The Morgan fingerprint density at radius 1 is 0.710 bits per heavy atom. The highest BCUT2D eigenvalue weighted by molar-refractivity contribution is 9.10. The van der Waals surface area contributed by atoms with Gasteiger partial charge in [-0.05, 0) is 28.1 Å². The third kappa shape index (κ3) is 3.47. The molecule has 5 rings (SSSR count). The number of nitrogens with zero attached hydrogens (tertiary/aromatic N) is 5. The zero-order valence-corrected chi connectivity index (χ0v) is 17.6. The number of imidazole rings is 1. The Balaban J connectivity index is 1.73. The van der Waals surface area contributed by atoms with Crippen LogP contribution in [-0.2, 0) is 0 Å². The molecule has 2 aromatic heterocycles. The molecule has 0 unspecified atom stereocenters. The average Bonchev–Trinajstić information content (AvgIpc) is 3.15. The third-order valence-corrected chi connectivity index (χ3v) is 5.58. The molecule has 7 nitrogen and oxygen atoms in total. The summed E-state index contributed by atoms with van der Waals surface area (Å²) in [5.41, 5.74) is 4.70. The van der Waals surface area contributed by atoms with E-state index >= 15 is 0 Å². The smallest absolute Gasteiger partial charge is 0.258 e. The molecule has 0 aliphatic rings. The fourth-order valence-electron chi connectivity index (χ4n) is 3.36. The van der Waals surface area contributed by atoms with E-state index < -0.39 is 4.92 Å². The van der Waals surface area contributed by atoms with Crippen LogP contribution in [-0.4, -0.2) is 24.5 Å². The quantitative estimate of drug-likeness (QED) is 0.244. The molecule has 150 valence electrons. The molecular formula is C23H14BrN5O2. The Bertz CT molecular complexity index is 1400. The van der Waals surface area contributed by atoms with E-state index in [1.165, 1.54) is 12.1 Å². The standard InChI is InChI=1S/C23H14BrN5O2/c24-22-21(17-11-13-18(14-12-17)29(30)31)26-23-25-19(15-7-3-1-4-8-15)20(27-28(22)23)16-9-5-2-6-10-16/h1-14H. The van der Waals surface area contributed by atoms with Gasteiger partial charge in [0.2, 0.25) is 0 Å². The summed E-state index contributed by atoms with van der Waals surface area (Å²) in [6, 6.07) is 26.0. The number of hydrogen-bond donors (Lipinski definition) is 0. The minimum Gasteiger partial charge on any atom is -0.258 e. The predicted octanol–water partition coefficient (Wildman–Crippen LogP) is 5.80. The van der Waals surface area contributed by atoms with Gasteiger partial charge in [-0.25, -0.2) is 9.97 Å². The highest BCUT2D eigenvalue weighted by Gasteiger charge is 2.19. The van der Waals surface area contributed by atoms with E-state index in [1.54, 1.807) is 16.6 Å². The molecule has 5 aromatic rings. The van der Waals surface area contributed by atoms with Gasteiger partial charge in [0.15, 0.2) is 0 Å². The van der Waals surface area contributed by atoms with E-state index in [0.29, 0.717) is 16.1 Å². The highest BCUT2D eigenvalue weighted by atomic mass is 79.9. The largest absolute Gasteiger partial charge is 0.269 e. The van der Waals surface area contributed by atoms with Gasteiger partial charge in [-0.1, -0.05) is 60.7 Å². The summed E-state index contributed by atoms with van der Waals surface area (Å²) in [4.78, 5) is 20.0. The van der Waals surface area contributed by atoms with E-state index in [9.17, 15) is 10.1 Å². The number of rotatable bonds is 4. The second-order valence-corrected chi connectivity index (χ2v) is 7.56. The lowest BCUT2D eigenvalue weighted by Gasteiger charge is -2.09. The van der Waals surface area contributed by atoms with Crippen LogP contribution in [0.1, 0.15) is 0 Å². The normalized spacial score (nSPS) is 11.0. The molecule has 0 amide bonds. The SMILES string of the molecule is O=[N+]([O-])c1ccc(-c2nc3nc(-c4ccccc4)c(-c4ccccc4)nn3c2Br)cc1. The van der Waals surface area contributed by atoms with Crippen molar-refractivity contribution in [1.29, 1.82) is 0 Å². The number of nitro benzene ring substituents is 1. The molecular weight excluding hydrogens is 458 g/mol. The van der Waals surface area contributed by atoms with Crippen molar-refractivity contribution in [3.63, 3.8) is 0 Å². The lowest BCUT2D eigenvalue weighted by atomic mass is 10.0. The molecule has 0 atom stereocenters. The van der Waals surface area contributed by atoms with Crippen molar-refractivity contribution < 1.29 is 4.92 Å². The molecule has 8 heteroatoms. The molecule has 3 aromatic carbocycles. The van der Waals surface area contributed by atoms with Crippen LogP contribution in [0, 0.1) is 10.1 Å². The zero-order valence-electron chi connectivity index (χ0n) is 16.0. The Kier molecular flexibility index (Phi) is 4.76. The summed E-state index contributed by atoms with van der Waals surface area (Å²) >= 11 is 3.59. The van der Waals surface area contributed by atoms with Crippen LogP contribution in [0.4, 0.5) is 5.69 Å². The van der Waals surface area contributed by atoms with Crippen LogP contribution in [0.25, 0.3) is 39.5 Å². The second-order valence-electron chi connectivity index (χ2n) is 6.81. The Morgan fingerprint density at radius 3 is 1.81 bits per heavy atom. The Hall–Kier alpha value is -3.91. The van der Waals surface area contributed by atoms with Gasteiger partial charge in [-0.3, -0.25) is 10.1 Å². The van der Waals surface area contributed by atoms with Gasteiger partial charge in [0.25, 0.3) is 11.5 Å². The second kappa shape index (κ2) is 7.73. The zero-order chi connectivity index (χ0) is 21.4. The molecule has 0 spiro atoms. The number of halogens is 1. The maximum absolute atomic E-state index is 11.0. The molecule has 0 radical (unpaired) electrons. The summed E-state index contributed by atoms with van der Waals surface area (Å²) in [6.45, 7) is 0. The van der Waals surface area contributed by atoms with Crippen molar-refractivity contribution in [2.24, 2.45) is 0 Å². The van der Waals surface area contributed by atoms with Crippen LogP contribution in [0.15, 0.2) is 89.5 Å². The number of fused-ring (bicyclic) bond motifs is 1. The van der Waals surface area contributed by atoms with Crippen LogP contribution in [0.2, 0.25) is 0 Å². The van der Waals surface area contributed by atoms with Gasteiger partial charge in [0, 0.05) is 28.8 Å². The van der Waals surface area contributed by atoms with Crippen molar-refractivity contribution >= 4 is 27.4 Å². The van der Waals surface area contributed by atoms with Crippen LogP contribution in [0.3, 0.4) is 0 Å². The molecule has 0 aliphatic heterocycles.